The highest BCUT2D eigenvalue weighted by Gasteiger charge is 2.41. The summed E-state index contributed by atoms with van der Waals surface area (Å²) in [5.41, 5.74) is 2.81. The van der Waals surface area contributed by atoms with Crippen LogP contribution in [0.4, 0.5) is 0 Å². The fourth-order valence-corrected chi connectivity index (χ4v) is 5.04. The van der Waals surface area contributed by atoms with Crippen LogP contribution < -0.4 is 10.1 Å². The summed E-state index contributed by atoms with van der Waals surface area (Å²) in [6.07, 6.45) is 2.64. The normalized spacial score (nSPS) is 21.3. The number of hydrogen-bond donors (Lipinski definition) is 2. The van der Waals surface area contributed by atoms with Gasteiger partial charge >= 0.3 is 0 Å². The maximum Gasteiger partial charge on any atom is 0.120 e. The van der Waals surface area contributed by atoms with Crippen molar-refractivity contribution >= 4 is 21.6 Å². The fourth-order valence-electron chi connectivity index (χ4n) is 4.66. The first-order valence-corrected chi connectivity index (χ1v) is 12.0. The lowest BCUT2D eigenvalue weighted by atomic mass is 9.87. The summed E-state index contributed by atoms with van der Waals surface area (Å²) < 4.78 is 6.58. The van der Waals surface area contributed by atoms with E-state index in [0.717, 1.165) is 59.4 Å². The number of piperidine rings is 1. The van der Waals surface area contributed by atoms with Crippen LogP contribution in [-0.4, -0.2) is 47.1 Å². The van der Waals surface area contributed by atoms with Gasteiger partial charge in [-0.05, 0) is 81.6 Å². The molecular formula is C25H32BrN3O2. The van der Waals surface area contributed by atoms with Gasteiger partial charge in [0, 0.05) is 47.3 Å². The van der Waals surface area contributed by atoms with E-state index in [-0.39, 0.29) is 11.7 Å². The highest BCUT2D eigenvalue weighted by molar-refractivity contribution is 9.10. The van der Waals surface area contributed by atoms with E-state index in [1.807, 2.05) is 31.2 Å². The summed E-state index contributed by atoms with van der Waals surface area (Å²) in [6, 6.07) is 14.4. The lowest BCUT2D eigenvalue weighted by Crippen LogP contribution is -2.56. The Labute approximate surface area is 193 Å². The molecule has 2 aromatic rings. The molecule has 1 fully saturated rings. The zero-order valence-corrected chi connectivity index (χ0v) is 20.2. The largest absolute Gasteiger partial charge is 0.508 e. The predicted molar refractivity (Wildman–Crippen MR) is 129 cm³/mol. The summed E-state index contributed by atoms with van der Waals surface area (Å²) >= 11 is 3.57. The van der Waals surface area contributed by atoms with E-state index in [2.05, 4.69) is 52.1 Å². The summed E-state index contributed by atoms with van der Waals surface area (Å²) in [4.78, 5) is 7.80. The molecule has 1 saturated heterocycles. The van der Waals surface area contributed by atoms with Crippen LogP contribution in [0.2, 0.25) is 0 Å². The molecule has 5 nitrogen and oxygen atoms in total. The van der Waals surface area contributed by atoms with Gasteiger partial charge in [0.25, 0.3) is 0 Å². The number of ether oxygens (including phenoxy) is 1. The Balaban J connectivity index is 1.68. The van der Waals surface area contributed by atoms with Crippen molar-refractivity contribution in [1.82, 2.24) is 10.2 Å². The second-order valence-corrected chi connectivity index (χ2v) is 9.70. The van der Waals surface area contributed by atoms with E-state index in [0.29, 0.717) is 18.4 Å². The van der Waals surface area contributed by atoms with Gasteiger partial charge < -0.3 is 14.7 Å². The third-order valence-electron chi connectivity index (χ3n) is 6.41. The van der Waals surface area contributed by atoms with Crippen molar-refractivity contribution in [2.45, 2.75) is 57.8 Å². The molecule has 2 heterocycles. The number of hydrogen-bond acceptors (Lipinski definition) is 5. The third-order valence-corrected chi connectivity index (χ3v) is 6.90. The lowest BCUT2D eigenvalue weighted by Gasteiger charge is -2.46. The maximum atomic E-state index is 10.6. The molecule has 2 aliphatic rings. The number of aromatic hydroxyl groups is 1. The molecule has 166 valence electrons. The van der Waals surface area contributed by atoms with Crippen LogP contribution in [-0.2, 0) is 0 Å². The van der Waals surface area contributed by atoms with Crippen molar-refractivity contribution in [2.75, 3.05) is 19.7 Å². The van der Waals surface area contributed by atoms with E-state index in [9.17, 15) is 5.11 Å². The van der Waals surface area contributed by atoms with E-state index in [1.165, 1.54) is 0 Å². The van der Waals surface area contributed by atoms with Crippen molar-refractivity contribution in [2.24, 2.45) is 4.99 Å². The minimum absolute atomic E-state index is 0.00201. The van der Waals surface area contributed by atoms with Gasteiger partial charge in [-0.25, -0.2) is 0 Å². The second-order valence-electron chi connectivity index (χ2n) is 8.78. The van der Waals surface area contributed by atoms with Crippen LogP contribution >= 0.6 is 15.9 Å². The Kier molecular flexibility index (Phi) is 6.70. The highest BCUT2D eigenvalue weighted by Crippen LogP contribution is 2.38. The standard InChI is InChI=1S/C25H32BrN3O2/c1-4-31-20-8-5-18(6-9-20)22-16-23(21-15-19(26)7-10-24(21)30)28-25(27-22)11-13-29(14-12-25)17(2)3/h5-10,15,17,23,28,30H,4,11-14,16H2,1-3H3/t23-/m0/s1. The highest BCUT2D eigenvalue weighted by atomic mass is 79.9. The van der Waals surface area contributed by atoms with Crippen LogP contribution in [0, 0.1) is 0 Å². The summed E-state index contributed by atoms with van der Waals surface area (Å²) in [5.74, 6) is 1.20. The number of likely N-dealkylation sites (tertiary alicyclic amines) is 1. The zero-order valence-electron chi connectivity index (χ0n) is 18.6. The van der Waals surface area contributed by atoms with Crippen LogP contribution in [0.15, 0.2) is 51.9 Å². The predicted octanol–water partition coefficient (Wildman–Crippen LogP) is 5.28. The van der Waals surface area contributed by atoms with Gasteiger partial charge in [0.2, 0.25) is 0 Å². The maximum absolute atomic E-state index is 10.6. The Bertz CT molecular complexity index is 934. The first-order chi connectivity index (χ1) is 14.9. The Morgan fingerprint density at radius 2 is 1.90 bits per heavy atom. The lowest BCUT2D eigenvalue weighted by molar-refractivity contribution is 0.103. The molecule has 0 saturated carbocycles. The number of nitrogens with one attached hydrogen (secondary N) is 1. The monoisotopic (exact) mass is 485 g/mol. The number of phenolic OH excluding ortho intramolecular Hbond substituents is 1. The van der Waals surface area contributed by atoms with Gasteiger partial charge in [-0.1, -0.05) is 15.9 Å². The first kappa shape index (κ1) is 22.3. The van der Waals surface area contributed by atoms with Crippen LogP contribution in [0.5, 0.6) is 11.5 Å². The Morgan fingerprint density at radius 3 is 2.55 bits per heavy atom. The summed E-state index contributed by atoms with van der Waals surface area (Å²) in [6.45, 7) is 9.19. The van der Waals surface area contributed by atoms with Gasteiger partial charge in [-0.3, -0.25) is 10.3 Å². The number of benzene rings is 2. The van der Waals surface area contributed by atoms with Crippen molar-refractivity contribution < 1.29 is 9.84 Å². The van der Waals surface area contributed by atoms with Crippen LogP contribution in [0.1, 0.15) is 57.2 Å². The molecular weight excluding hydrogens is 454 g/mol. The molecule has 1 atom stereocenters. The molecule has 0 radical (unpaired) electrons. The third kappa shape index (κ3) is 4.97. The minimum atomic E-state index is -0.309. The summed E-state index contributed by atoms with van der Waals surface area (Å²) in [7, 11) is 0. The van der Waals surface area contributed by atoms with E-state index in [4.69, 9.17) is 9.73 Å². The van der Waals surface area contributed by atoms with Gasteiger partial charge in [-0.2, -0.15) is 0 Å². The van der Waals surface area contributed by atoms with Gasteiger partial charge in [-0.15, -0.1) is 0 Å². The van der Waals surface area contributed by atoms with Gasteiger partial charge in [0.05, 0.1) is 6.61 Å². The summed E-state index contributed by atoms with van der Waals surface area (Å²) in [5, 5.41) is 14.4. The molecule has 0 unspecified atom stereocenters. The van der Waals surface area contributed by atoms with Crippen LogP contribution in [0.3, 0.4) is 0 Å². The van der Waals surface area contributed by atoms with Crippen molar-refractivity contribution in [3.05, 3.63) is 58.1 Å². The van der Waals surface area contributed by atoms with Crippen molar-refractivity contribution in [1.29, 1.82) is 0 Å². The molecule has 2 N–H and O–H groups in total. The quantitative estimate of drug-likeness (QED) is 0.604. The molecule has 0 aliphatic carbocycles. The SMILES string of the molecule is CCOc1ccc(C2=NC3(CCN(C(C)C)CC3)N[C@H](c3cc(Br)ccc3O)C2)cc1. The molecule has 0 bridgehead atoms. The topological polar surface area (TPSA) is 57.1 Å². The Hall–Kier alpha value is -1.89. The number of aliphatic imine (C=N–C) groups is 1. The molecule has 31 heavy (non-hydrogen) atoms. The average molecular weight is 486 g/mol. The van der Waals surface area contributed by atoms with Crippen molar-refractivity contribution in [3.63, 3.8) is 0 Å². The molecule has 0 aromatic heterocycles. The minimum Gasteiger partial charge on any atom is -0.508 e. The van der Waals surface area contributed by atoms with Crippen LogP contribution in [0.25, 0.3) is 0 Å². The van der Waals surface area contributed by atoms with Crippen molar-refractivity contribution in [3.8, 4) is 11.5 Å². The zero-order chi connectivity index (χ0) is 22.0. The molecule has 2 aliphatic heterocycles. The van der Waals surface area contributed by atoms with E-state index in [1.54, 1.807) is 6.07 Å². The Morgan fingerprint density at radius 1 is 1.19 bits per heavy atom. The average Bonchev–Trinajstić information content (AvgIpc) is 2.76. The smallest absolute Gasteiger partial charge is 0.120 e. The number of rotatable bonds is 5. The molecule has 6 heteroatoms. The fraction of sp³-hybridized carbons (Fsp3) is 0.480. The molecule has 4 rings (SSSR count). The molecule has 1 spiro atoms. The molecule has 2 aromatic carbocycles. The van der Waals surface area contributed by atoms with E-state index < -0.39 is 0 Å². The number of phenols is 1. The van der Waals surface area contributed by atoms with Gasteiger partial charge in [0.15, 0.2) is 0 Å². The van der Waals surface area contributed by atoms with Gasteiger partial charge in [0.1, 0.15) is 17.2 Å². The second kappa shape index (κ2) is 9.31. The van der Waals surface area contributed by atoms with E-state index >= 15 is 0 Å². The molecule has 0 amide bonds. The number of halogens is 1. The first-order valence-electron chi connectivity index (χ1n) is 11.2. The number of nitrogens with zero attached hydrogens (tertiary/aromatic N) is 2.